The van der Waals surface area contributed by atoms with Gasteiger partial charge in [-0.05, 0) is 38.5 Å². The fourth-order valence-electron chi connectivity index (χ4n) is 2.67. The summed E-state index contributed by atoms with van der Waals surface area (Å²) >= 11 is 1.48. The molecule has 3 aromatic rings. The second-order valence-electron chi connectivity index (χ2n) is 5.84. The van der Waals surface area contributed by atoms with Gasteiger partial charge in [0, 0.05) is 17.9 Å². The van der Waals surface area contributed by atoms with E-state index in [-0.39, 0.29) is 0 Å². The van der Waals surface area contributed by atoms with Gasteiger partial charge in [-0.2, -0.15) is 13.2 Å². The van der Waals surface area contributed by atoms with Gasteiger partial charge in [0.2, 0.25) is 0 Å². The second-order valence-corrected chi connectivity index (χ2v) is 6.78. The van der Waals surface area contributed by atoms with Crippen molar-refractivity contribution in [3.63, 3.8) is 0 Å². The molecule has 0 spiro atoms. The van der Waals surface area contributed by atoms with Gasteiger partial charge in [-0.1, -0.05) is 23.8 Å². The third-order valence-electron chi connectivity index (χ3n) is 4.01. The fourth-order valence-corrected chi connectivity index (χ4v) is 3.87. The Morgan fingerprint density at radius 3 is 2.60 bits per heavy atom. The lowest BCUT2D eigenvalue weighted by Crippen LogP contribution is -2.05. The first kappa shape index (κ1) is 17.8. The highest BCUT2D eigenvalue weighted by Gasteiger charge is 2.31. The quantitative estimate of drug-likeness (QED) is 0.568. The second kappa shape index (κ2) is 6.74. The van der Waals surface area contributed by atoms with Crippen molar-refractivity contribution in [3.05, 3.63) is 40.8 Å². The van der Waals surface area contributed by atoms with E-state index >= 15 is 0 Å². The van der Waals surface area contributed by atoms with Gasteiger partial charge < -0.3 is 9.09 Å². The average molecular weight is 369 g/mol. The standard InChI is InChI=1S/C17H18F3N3OS/c1-4-7-23-15-8-12(17(18,19)20)5-6-14(15)21-16(23)25-9-13-10(2)22-24-11(13)3/h5-6,8H,4,7,9H2,1-3H3. The van der Waals surface area contributed by atoms with E-state index in [0.29, 0.717) is 28.5 Å². The highest BCUT2D eigenvalue weighted by Crippen LogP contribution is 2.34. The number of rotatable bonds is 5. The predicted molar refractivity (Wildman–Crippen MR) is 90.6 cm³/mol. The van der Waals surface area contributed by atoms with Crippen molar-refractivity contribution in [3.8, 4) is 0 Å². The third-order valence-corrected chi connectivity index (χ3v) is 5.02. The molecule has 0 atom stereocenters. The average Bonchev–Trinajstić information content (AvgIpc) is 3.05. The zero-order valence-electron chi connectivity index (χ0n) is 14.1. The number of aromatic nitrogens is 3. The minimum Gasteiger partial charge on any atom is -0.361 e. The Morgan fingerprint density at radius 1 is 1.24 bits per heavy atom. The molecule has 134 valence electrons. The Balaban J connectivity index is 1.98. The molecule has 1 aromatic carbocycles. The van der Waals surface area contributed by atoms with Crippen LogP contribution in [0.4, 0.5) is 13.2 Å². The first-order valence-electron chi connectivity index (χ1n) is 7.93. The maximum absolute atomic E-state index is 13.0. The van der Waals surface area contributed by atoms with Crippen LogP contribution in [0.3, 0.4) is 0 Å². The summed E-state index contributed by atoms with van der Waals surface area (Å²) in [6, 6.07) is 3.69. The van der Waals surface area contributed by atoms with Gasteiger partial charge in [-0.25, -0.2) is 4.98 Å². The first-order valence-corrected chi connectivity index (χ1v) is 8.91. The number of imidazole rings is 1. The molecule has 0 fully saturated rings. The van der Waals surface area contributed by atoms with Crippen molar-refractivity contribution in [2.75, 3.05) is 0 Å². The summed E-state index contributed by atoms with van der Waals surface area (Å²) in [7, 11) is 0. The topological polar surface area (TPSA) is 43.9 Å². The molecule has 3 rings (SSSR count). The Bertz CT molecular complexity index is 879. The van der Waals surface area contributed by atoms with Crippen LogP contribution in [0.5, 0.6) is 0 Å². The zero-order valence-corrected chi connectivity index (χ0v) is 15.0. The highest BCUT2D eigenvalue weighted by atomic mass is 32.2. The minimum absolute atomic E-state index is 0.512. The molecule has 0 amide bonds. The van der Waals surface area contributed by atoms with Crippen LogP contribution in [-0.2, 0) is 18.5 Å². The molecule has 0 bridgehead atoms. The van der Waals surface area contributed by atoms with Crippen LogP contribution in [0.2, 0.25) is 0 Å². The SMILES string of the molecule is CCCn1c(SCc2c(C)noc2C)nc2ccc(C(F)(F)F)cc21. The van der Waals surface area contributed by atoms with Crippen LogP contribution in [0.25, 0.3) is 11.0 Å². The molecule has 0 aliphatic heterocycles. The fraction of sp³-hybridized carbons (Fsp3) is 0.412. The third kappa shape index (κ3) is 3.53. The summed E-state index contributed by atoms with van der Waals surface area (Å²) in [5, 5.41) is 4.63. The summed E-state index contributed by atoms with van der Waals surface area (Å²) in [5.74, 6) is 1.36. The monoisotopic (exact) mass is 369 g/mol. The van der Waals surface area contributed by atoms with Crippen molar-refractivity contribution in [1.82, 2.24) is 14.7 Å². The summed E-state index contributed by atoms with van der Waals surface area (Å²) in [5.41, 5.74) is 2.25. The normalized spacial score (nSPS) is 12.2. The number of aryl methyl sites for hydroxylation is 3. The minimum atomic E-state index is -4.36. The Kier molecular flexibility index (Phi) is 4.81. The van der Waals surface area contributed by atoms with Gasteiger partial charge in [-0.3, -0.25) is 0 Å². The lowest BCUT2D eigenvalue weighted by atomic mass is 10.2. The molecule has 2 heterocycles. The Hall–Kier alpha value is -1.96. The number of nitrogens with zero attached hydrogens (tertiary/aromatic N) is 3. The number of thioether (sulfide) groups is 1. The van der Waals surface area contributed by atoms with E-state index in [0.717, 1.165) is 29.5 Å². The van der Waals surface area contributed by atoms with E-state index in [1.54, 1.807) is 0 Å². The predicted octanol–water partition coefficient (Wildman–Crippen LogP) is 5.36. The Labute approximate surface area is 147 Å². The molecule has 2 aromatic heterocycles. The molecule has 0 unspecified atom stereocenters. The molecule has 0 saturated carbocycles. The molecule has 0 N–H and O–H groups in total. The number of benzene rings is 1. The molecule has 0 saturated heterocycles. The number of hydrogen-bond donors (Lipinski definition) is 0. The van der Waals surface area contributed by atoms with Gasteiger partial charge in [0.15, 0.2) is 5.16 Å². The smallest absolute Gasteiger partial charge is 0.361 e. The van der Waals surface area contributed by atoms with E-state index in [1.807, 2.05) is 25.3 Å². The van der Waals surface area contributed by atoms with Crippen molar-refractivity contribution in [2.45, 2.75) is 50.8 Å². The molecule has 0 radical (unpaired) electrons. The van der Waals surface area contributed by atoms with E-state index in [9.17, 15) is 13.2 Å². The van der Waals surface area contributed by atoms with Crippen molar-refractivity contribution >= 4 is 22.8 Å². The summed E-state index contributed by atoms with van der Waals surface area (Å²) < 4.78 is 46.0. The van der Waals surface area contributed by atoms with E-state index in [4.69, 9.17) is 4.52 Å². The van der Waals surface area contributed by atoms with Crippen LogP contribution in [0.1, 0.15) is 35.9 Å². The van der Waals surface area contributed by atoms with E-state index in [1.165, 1.54) is 23.9 Å². The van der Waals surface area contributed by atoms with Crippen LogP contribution >= 0.6 is 11.8 Å². The van der Waals surface area contributed by atoms with Crippen LogP contribution in [-0.4, -0.2) is 14.7 Å². The van der Waals surface area contributed by atoms with E-state index in [2.05, 4.69) is 10.1 Å². The lowest BCUT2D eigenvalue weighted by molar-refractivity contribution is -0.137. The zero-order chi connectivity index (χ0) is 18.2. The maximum Gasteiger partial charge on any atom is 0.416 e. The molecular formula is C17H18F3N3OS. The lowest BCUT2D eigenvalue weighted by Gasteiger charge is -2.09. The van der Waals surface area contributed by atoms with Gasteiger partial charge in [0.1, 0.15) is 5.76 Å². The molecule has 0 aliphatic carbocycles. The molecule has 8 heteroatoms. The number of halogens is 3. The number of hydrogen-bond acceptors (Lipinski definition) is 4. The van der Waals surface area contributed by atoms with Gasteiger partial charge in [0.05, 0.1) is 22.3 Å². The molecule has 4 nitrogen and oxygen atoms in total. The number of fused-ring (bicyclic) bond motifs is 1. The van der Waals surface area contributed by atoms with Gasteiger partial charge in [-0.15, -0.1) is 0 Å². The largest absolute Gasteiger partial charge is 0.416 e. The van der Waals surface area contributed by atoms with Gasteiger partial charge in [0.25, 0.3) is 0 Å². The summed E-state index contributed by atoms with van der Waals surface area (Å²) in [6.07, 6.45) is -3.56. The van der Waals surface area contributed by atoms with Crippen molar-refractivity contribution in [2.24, 2.45) is 0 Å². The van der Waals surface area contributed by atoms with E-state index < -0.39 is 11.7 Å². The Morgan fingerprint density at radius 2 is 2.00 bits per heavy atom. The molecule has 25 heavy (non-hydrogen) atoms. The van der Waals surface area contributed by atoms with Crippen LogP contribution in [0, 0.1) is 13.8 Å². The van der Waals surface area contributed by atoms with Crippen LogP contribution < -0.4 is 0 Å². The first-order chi connectivity index (χ1) is 11.8. The summed E-state index contributed by atoms with van der Waals surface area (Å²) in [6.45, 7) is 6.32. The van der Waals surface area contributed by atoms with Crippen LogP contribution in [0.15, 0.2) is 27.9 Å². The highest BCUT2D eigenvalue weighted by molar-refractivity contribution is 7.98. The molecule has 0 aliphatic rings. The molecular weight excluding hydrogens is 351 g/mol. The maximum atomic E-state index is 13.0. The van der Waals surface area contributed by atoms with Crippen molar-refractivity contribution < 1.29 is 17.7 Å². The van der Waals surface area contributed by atoms with Crippen molar-refractivity contribution in [1.29, 1.82) is 0 Å². The van der Waals surface area contributed by atoms with Gasteiger partial charge >= 0.3 is 6.18 Å². The number of alkyl halides is 3. The summed E-state index contributed by atoms with van der Waals surface area (Å²) in [4.78, 5) is 4.52.